The first-order valence-electron chi connectivity index (χ1n) is 5.60. The molecule has 94 valence electrons. The lowest BCUT2D eigenvalue weighted by Gasteiger charge is -2.07. The van der Waals surface area contributed by atoms with E-state index in [0.717, 1.165) is 12.0 Å². The Bertz CT molecular complexity index is 393. The highest BCUT2D eigenvalue weighted by atomic mass is 35.5. The zero-order valence-corrected chi connectivity index (χ0v) is 12.3. The number of halogens is 2. The van der Waals surface area contributed by atoms with Crippen LogP contribution in [0.4, 0.5) is 0 Å². The van der Waals surface area contributed by atoms with Crippen molar-refractivity contribution < 1.29 is 4.79 Å². The van der Waals surface area contributed by atoms with Gasteiger partial charge in [-0.05, 0) is 24.1 Å². The van der Waals surface area contributed by atoms with Crippen LogP contribution < -0.4 is 0 Å². The van der Waals surface area contributed by atoms with Crippen molar-refractivity contribution in [1.29, 1.82) is 0 Å². The Kier molecular flexibility index (Phi) is 6.39. The number of hydrogen-bond donors (Lipinski definition) is 0. The highest BCUT2D eigenvalue weighted by molar-refractivity contribution is 8.00. The third-order valence-corrected chi connectivity index (χ3v) is 4.62. The number of rotatable bonds is 6. The predicted molar refractivity (Wildman–Crippen MR) is 77.4 cm³/mol. The van der Waals surface area contributed by atoms with Crippen LogP contribution >= 0.6 is 35.0 Å². The van der Waals surface area contributed by atoms with Gasteiger partial charge in [0.15, 0.2) is 0 Å². The topological polar surface area (TPSA) is 17.1 Å². The second-order valence-electron chi connectivity index (χ2n) is 3.99. The molecule has 0 spiro atoms. The van der Waals surface area contributed by atoms with Gasteiger partial charge in [0.25, 0.3) is 0 Å². The quantitative estimate of drug-likeness (QED) is 0.759. The molecule has 17 heavy (non-hydrogen) atoms. The zero-order chi connectivity index (χ0) is 12.8. The molecule has 4 heteroatoms. The maximum Gasteiger partial charge on any atom is 0.147 e. The van der Waals surface area contributed by atoms with Crippen molar-refractivity contribution in [2.45, 2.75) is 31.9 Å². The fourth-order valence-corrected chi connectivity index (χ4v) is 2.41. The van der Waals surface area contributed by atoms with Crippen LogP contribution in [0.3, 0.4) is 0 Å². The molecule has 0 bridgehead atoms. The Balaban J connectivity index is 2.48. The molecule has 0 aliphatic rings. The van der Waals surface area contributed by atoms with Crippen LogP contribution in [0.1, 0.15) is 25.8 Å². The molecule has 1 aromatic rings. The zero-order valence-electron chi connectivity index (χ0n) is 10.0. The number of carbonyl (C=O) groups excluding carboxylic acids is 1. The molecule has 0 fully saturated rings. The first-order chi connectivity index (χ1) is 8.02. The number of carbonyl (C=O) groups is 1. The molecule has 0 aliphatic heterocycles. The summed E-state index contributed by atoms with van der Waals surface area (Å²) in [5.74, 6) is 0.795. The fourth-order valence-electron chi connectivity index (χ4n) is 1.28. The van der Waals surface area contributed by atoms with E-state index in [9.17, 15) is 4.79 Å². The molecule has 1 atom stereocenters. The van der Waals surface area contributed by atoms with E-state index in [1.54, 1.807) is 23.9 Å². The van der Waals surface area contributed by atoms with Crippen molar-refractivity contribution >= 4 is 40.7 Å². The van der Waals surface area contributed by atoms with Crippen molar-refractivity contribution in [1.82, 2.24) is 0 Å². The second kappa shape index (κ2) is 7.30. The number of hydrogen-bond acceptors (Lipinski definition) is 2. The minimum atomic E-state index is 0.230. The molecular formula is C13H16Cl2OS. The van der Waals surface area contributed by atoms with Crippen LogP contribution in [0, 0.1) is 0 Å². The van der Waals surface area contributed by atoms with E-state index in [1.807, 2.05) is 6.07 Å². The van der Waals surface area contributed by atoms with Crippen molar-refractivity contribution in [3.8, 4) is 0 Å². The molecule has 1 rings (SSSR count). The highest BCUT2D eigenvalue weighted by Gasteiger charge is 2.08. The summed E-state index contributed by atoms with van der Waals surface area (Å²) < 4.78 is 0. The predicted octanol–water partition coefficient (Wildman–Crippen LogP) is 4.64. The largest absolute Gasteiger partial charge is 0.298 e. The van der Waals surface area contributed by atoms with Crippen LogP contribution in [-0.2, 0) is 11.2 Å². The maximum absolute atomic E-state index is 11.7. The van der Waals surface area contributed by atoms with Gasteiger partial charge in [0, 0.05) is 11.7 Å². The second-order valence-corrected chi connectivity index (χ2v) is 6.23. The Morgan fingerprint density at radius 2 is 2.06 bits per heavy atom. The van der Waals surface area contributed by atoms with E-state index in [-0.39, 0.29) is 5.78 Å². The molecule has 0 radical (unpaired) electrons. The van der Waals surface area contributed by atoms with E-state index in [1.165, 1.54) is 0 Å². The number of Topliss-reactive ketones (excluding diaryl/α,β-unsaturated/α-hetero) is 1. The van der Waals surface area contributed by atoms with Gasteiger partial charge in [-0.3, -0.25) is 4.79 Å². The fraction of sp³-hybridized carbons (Fsp3) is 0.462. The molecule has 0 heterocycles. The summed E-state index contributed by atoms with van der Waals surface area (Å²) in [6.45, 7) is 4.26. The standard InChI is InChI=1S/C13H16Cl2OS/c1-3-9(2)17-8-11(16)6-10-4-5-12(14)13(15)7-10/h4-5,7,9H,3,6,8H2,1-2H3. The van der Waals surface area contributed by atoms with Gasteiger partial charge in [0.1, 0.15) is 5.78 Å². The van der Waals surface area contributed by atoms with Crippen LogP contribution in [0.5, 0.6) is 0 Å². The lowest BCUT2D eigenvalue weighted by atomic mass is 10.1. The molecule has 1 unspecified atom stereocenters. The van der Waals surface area contributed by atoms with Gasteiger partial charge in [-0.15, -0.1) is 0 Å². The van der Waals surface area contributed by atoms with E-state index in [0.29, 0.717) is 27.5 Å². The average Bonchev–Trinajstić information content (AvgIpc) is 2.31. The van der Waals surface area contributed by atoms with Gasteiger partial charge in [0.2, 0.25) is 0 Å². The molecule has 0 amide bonds. The van der Waals surface area contributed by atoms with Crippen molar-refractivity contribution in [3.05, 3.63) is 33.8 Å². The third kappa shape index (κ3) is 5.33. The Morgan fingerprint density at radius 3 is 2.65 bits per heavy atom. The molecule has 1 nitrogen and oxygen atoms in total. The lowest BCUT2D eigenvalue weighted by Crippen LogP contribution is -2.08. The Labute approximate surface area is 117 Å². The molecule has 0 N–H and O–H groups in total. The van der Waals surface area contributed by atoms with Crippen LogP contribution in [-0.4, -0.2) is 16.8 Å². The van der Waals surface area contributed by atoms with Gasteiger partial charge in [0.05, 0.1) is 15.8 Å². The minimum absolute atomic E-state index is 0.230. The Morgan fingerprint density at radius 1 is 1.35 bits per heavy atom. The summed E-state index contributed by atoms with van der Waals surface area (Å²) in [7, 11) is 0. The van der Waals surface area contributed by atoms with Gasteiger partial charge < -0.3 is 0 Å². The molecule has 0 aromatic heterocycles. The maximum atomic E-state index is 11.7. The summed E-state index contributed by atoms with van der Waals surface area (Å²) in [5, 5.41) is 1.57. The SMILES string of the molecule is CCC(C)SCC(=O)Cc1ccc(Cl)c(Cl)c1. The summed E-state index contributed by atoms with van der Waals surface area (Å²) >= 11 is 13.4. The Hall–Kier alpha value is -0.180. The number of ketones is 1. The molecule has 0 saturated heterocycles. The summed E-state index contributed by atoms with van der Waals surface area (Å²) in [4.78, 5) is 11.7. The van der Waals surface area contributed by atoms with Crippen molar-refractivity contribution in [2.24, 2.45) is 0 Å². The normalized spacial score (nSPS) is 12.5. The first kappa shape index (κ1) is 14.9. The van der Waals surface area contributed by atoms with Gasteiger partial charge in [-0.1, -0.05) is 43.1 Å². The van der Waals surface area contributed by atoms with E-state index in [4.69, 9.17) is 23.2 Å². The van der Waals surface area contributed by atoms with Gasteiger partial charge in [-0.2, -0.15) is 11.8 Å². The average molecular weight is 291 g/mol. The number of benzene rings is 1. The highest BCUT2D eigenvalue weighted by Crippen LogP contribution is 2.23. The molecule has 0 aliphatic carbocycles. The first-order valence-corrected chi connectivity index (χ1v) is 7.40. The molecule has 1 aromatic carbocycles. The van der Waals surface area contributed by atoms with Crippen LogP contribution in [0.25, 0.3) is 0 Å². The van der Waals surface area contributed by atoms with E-state index >= 15 is 0 Å². The molecular weight excluding hydrogens is 275 g/mol. The monoisotopic (exact) mass is 290 g/mol. The van der Waals surface area contributed by atoms with Gasteiger partial charge in [-0.25, -0.2) is 0 Å². The summed E-state index contributed by atoms with van der Waals surface area (Å²) in [5.41, 5.74) is 0.925. The van der Waals surface area contributed by atoms with Gasteiger partial charge >= 0.3 is 0 Å². The summed E-state index contributed by atoms with van der Waals surface area (Å²) in [6.07, 6.45) is 1.52. The van der Waals surface area contributed by atoms with Crippen LogP contribution in [0.15, 0.2) is 18.2 Å². The smallest absolute Gasteiger partial charge is 0.147 e. The van der Waals surface area contributed by atoms with Crippen molar-refractivity contribution in [3.63, 3.8) is 0 Å². The van der Waals surface area contributed by atoms with Crippen LogP contribution in [0.2, 0.25) is 10.0 Å². The minimum Gasteiger partial charge on any atom is -0.298 e. The van der Waals surface area contributed by atoms with Crippen molar-refractivity contribution in [2.75, 3.05) is 5.75 Å². The molecule has 0 saturated carbocycles. The summed E-state index contributed by atoms with van der Waals surface area (Å²) in [6, 6.07) is 5.34. The number of thioether (sulfide) groups is 1. The lowest BCUT2D eigenvalue weighted by molar-refractivity contribution is -0.116. The van der Waals surface area contributed by atoms with E-state index in [2.05, 4.69) is 13.8 Å². The van der Waals surface area contributed by atoms with E-state index < -0.39 is 0 Å². The third-order valence-electron chi connectivity index (χ3n) is 2.49.